The molecule has 1 amide bonds. The summed E-state index contributed by atoms with van der Waals surface area (Å²) in [4.78, 5) is 17.9. The first kappa shape index (κ1) is 18.3. The second kappa shape index (κ2) is 5.88. The molecule has 4 saturated carbocycles. The Kier molecular flexibility index (Phi) is 3.84. The highest BCUT2D eigenvalue weighted by atomic mass is 32.1. The number of halogens is 2. The van der Waals surface area contributed by atoms with Crippen LogP contribution in [0.3, 0.4) is 0 Å². The summed E-state index contributed by atoms with van der Waals surface area (Å²) in [6.45, 7) is 1.84. The van der Waals surface area contributed by atoms with Crippen LogP contribution in [0.1, 0.15) is 52.4 Å². The number of alkyl halides is 2. The van der Waals surface area contributed by atoms with Gasteiger partial charge in [-0.25, -0.2) is 4.98 Å². The Hall–Kier alpha value is -1.76. The van der Waals surface area contributed by atoms with Crippen LogP contribution in [0.4, 0.5) is 13.9 Å². The largest absolute Gasteiger partial charge is 0.435 e. The van der Waals surface area contributed by atoms with E-state index in [9.17, 15) is 13.6 Å². The summed E-state index contributed by atoms with van der Waals surface area (Å²) < 4.78 is 30.0. The van der Waals surface area contributed by atoms with Crippen LogP contribution in [0.15, 0.2) is 18.2 Å². The number of carbonyl (C=O) groups is 1. The third kappa shape index (κ3) is 2.98. The lowest BCUT2D eigenvalue weighted by molar-refractivity contribution is -0.165. The van der Waals surface area contributed by atoms with Gasteiger partial charge in [0, 0.05) is 0 Å². The number of rotatable bonds is 4. The van der Waals surface area contributed by atoms with Crippen molar-refractivity contribution in [2.45, 2.75) is 59.0 Å². The van der Waals surface area contributed by atoms with E-state index in [0.29, 0.717) is 16.6 Å². The molecular weight excluding hydrogens is 382 g/mol. The number of aromatic nitrogens is 1. The van der Waals surface area contributed by atoms with Crippen LogP contribution >= 0.6 is 11.3 Å². The maximum Gasteiger partial charge on any atom is 0.387 e. The maximum atomic E-state index is 13.4. The second-order valence-electron chi connectivity index (χ2n) is 9.89. The van der Waals surface area contributed by atoms with Crippen LogP contribution in [0.2, 0.25) is 0 Å². The van der Waals surface area contributed by atoms with Crippen molar-refractivity contribution in [1.29, 1.82) is 0 Å². The molecule has 6 rings (SSSR count). The Balaban J connectivity index is 1.40. The SMILES string of the molecule is CC12CC3CC(C)(C1)CC(C(=O)Nc1nc4ccc(OC(F)F)cc4s1)(C3)C2. The van der Waals surface area contributed by atoms with Crippen LogP contribution in [-0.4, -0.2) is 17.5 Å². The zero-order chi connectivity index (χ0) is 19.7. The number of ether oxygens (including phenoxy) is 1. The topological polar surface area (TPSA) is 51.2 Å². The van der Waals surface area contributed by atoms with Gasteiger partial charge < -0.3 is 10.1 Å². The molecule has 0 radical (unpaired) electrons. The highest BCUT2D eigenvalue weighted by molar-refractivity contribution is 7.22. The van der Waals surface area contributed by atoms with E-state index in [-0.39, 0.29) is 27.9 Å². The summed E-state index contributed by atoms with van der Waals surface area (Å²) in [6.07, 6.45) is 6.59. The average Bonchev–Trinajstić information content (AvgIpc) is 2.92. The Morgan fingerprint density at radius 2 is 1.93 bits per heavy atom. The van der Waals surface area contributed by atoms with Gasteiger partial charge >= 0.3 is 6.61 Å². The summed E-state index contributed by atoms with van der Waals surface area (Å²) in [5.74, 6) is 0.824. The van der Waals surface area contributed by atoms with E-state index in [1.165, 1.54) is 36.7 Å². The number of thiazole rings is 1. The third-order valence-electron chi connectivity index (χ3n) is 6.91. The van der Waals surface area contributed by atoms with Crippen molar-refractivity contribution >= 4 is 32.6 Å². The minimum absolute atomic E-state index is 0.0807. The molecule has 28 heavy (non-hydrogen) atoms. The van der Waals surface area contributed by atoms with Crippen LogP contribution in [0.25, 0.3) is 10.2 Å². The predicted octanol–water partition coefficient (Wildman–Crippen LogP) is 5.83. The molecule has 1 heterocycles. The first-order valence-electron chi connectivity index (χ1n) is 9.83. The number of carbonyl (C=O) groups excluding carboxylic acids is 1. The standard InChI is InChI=1S/C21H24F2N2O2S/c1-19-6-12-7-20(2,9-19)11-21(8-12,10-19)16(26)25-18-24-14-4-3-13(27-17(22)23)5-15(14)28-18/h3-5,12,17H,6-11H2,1-2H3,(H,24,25,26). The van der Waals surface area contributed by atoms with Crippen molar-refractivity contribution in [2.24, 2.45) is 22.2 Å². The van der Waals surface area contributed by atoms with Gasteiger partial charge in [-0.1, -0.05) is 25.2 Å². The van der Waals surface area contributed by atoms with Gasteiger partial charge in [-0.3, -0.25) is 4.79 Å². The summed E-state index contributed by atoms with van der Waals surface area (Å²) in [7, 11) is 0. The van der Waals surface area contributed by atoms with E-state index >= 15 is 0 Å². The van der Waals surface area contributed by atoms with E-state index in [0.717, 1.165) is 24.0 Å². The number of fused-ring (bicyclic) bond motifs is 1. The number of anilines is 1. The van der Waals surface area contributed by atoms with E-state index in [4.69, 9.17) is 0 Å². The van der Waals surface area contributed by atoms with Crippen molar-refractivity contribution in [3.8, 4) is 5.75 Å². The van der Waals surface area contributed by atoms with Crippen molar-refractivity contribution in [1.82, 2.24) is 4.98 Å². The first-order valence-corrected chi connectivity index (χ1v) is 10.6. The zero-order valence-electron chi connectivity index (χ0n) is 16.1. The van der Waals surface area contributed by atoms with Crippen LogP contribution in [0, 0.1) is 22.2 Å². The molecule has 4 bridgehead atoms. The molecule has 1 aromatic heterocycles. The lowest BCUT2D eigenvalue weighted by Crippen LogP contribution is -2.58. The molecular formula is C21H24F2N2O2S. The van der Waals surface area contributed by atoms with Crippen molar-refractivity contribution in [2.75, 3.05) is 5.32 Å². The van der Waals surface area contributed by atoms with E-state index in [2.05, 4.69) is 28.9 Å². The van der Waals surface area contributed by atoms with Crippen molar-refractivity contribution < 1.29 is 18.3 Å². The van der Waals surface area contributed by atoms with Gasteiger partial charge in [-0.2, -0.15) is 8.78 Å². The van der Waals surface area contributed by atoms with Gasteiger partial charge in [0.15, 0.2) is 5.13 Å². The summed E-state index contributed by atoms with van der Waals surface area (Å²) >= 11 is 1.30. The van der Waals surface area contributed by atoms with E-state index in [1.54, 1.807) is 12.1 Å². The number of hydrogen-bond donors (Lipinski definition) is 1. The van der Waals surface area contributed by atoms with Gasteiger partial charge in [0.25, 0.3) is 0 Å². The van der Waals surface area contributed by atoms with Gasteiger partial charge in [0.2, 0.25) is 5.91 Å². The van der Waals surface area contributed by atoms with E-state index in [1.807, 2.05) is 0 Å². The zero-order valence-corrected chi connectivity index (χ0v) is 16.9. The van der Waals surface area contributed by atoms with Crippen LogP contribution < -0.4 is 10.1 Å². The van der Waals surface area contributed by atoms with Gasteiger partial charge in [0.05, 0.1) is 15.6 Å². The molecule has 7 heteroatoms. The summed E-state index contributed by atoms with van der Waals surface area (Å²) in [5, 5.41) is 3.59. The molecule has 0 saturated heterocycles. The highest BCUT2D eigenvalue weighted by Gasteiger charge is 2.62. The number of nitrogens with one attached hydrogen (secondary N) is 1. The second-order valence-corrected chi connectivity index (χ2v) is 10.9. The molecule has 2 unspecified atom stereocenters. The molecule has 0 aliphatic heterocycles. The number of benzene rings is 1. The molecule has 4 nitrogen and oxygen atoms in total. The normalized spacial score (nSPS) is 36.2. The van der Waals surface area contributed by atoms with E-state index < -0.39 is 6.61 Å². The Morgan fingerprint density at radius 1 is 1.21 bits per heavy atom. The van der Waals surface area contributed by atoms with Gasteiger partial charge in [-0.05, 0) is 73.5 Å². The molecule has 150 valence electrons. The lowest BCUT2D eigenvalue weighted by atomic mass is 9.40. The average molecular weight is 406 g/mol. The minimum atomic E-state index is -2.86. The first-order chi connectivity index (χ1) is 13.2. The highest BCUT2D eigenvalue weighted by Crippen LogP contribution is 2.69. The van der Waals surface area contributed by atoms with Crippen LogP contribution in [0.5, 0.6) is 5.75 Å². The third-order valence-corrected chi connectivity index (χ3v) is 7.85. The molecule has 2 aromatic rings. The van der Waals surface area contributed by atoms with Gasteiger partial charge in [-0.15, -0.1) is 0 Å². The monoisotopic (exact) mass is 406 g/mol. The molecule has 0 spiro atoms. The number of amides is 1. The van der Waals surface area contributed by atoms with Crippen molar-refractivity contribution in [3.05, 3.63) is 18.2 Å². The maximum absolute atomic E-state index is 13.4. The summed E-state index contributed by atoms with van der Waals surface area (Å²) in [6, 6.07) is 4.66. The summed E-state index contributed by atoms with van der Waals surface area (Å²) in [5.41, 5.74) is 0.901. The lowest BCUT2D eigenvalue weighted by Gasteiger charge is -2.64. The molecule has 1 N–H and O–H groups in total. The van der Waals surface area contributed by atoms with Gasteiger partial charge in [0.1, 0.15) is 5.75 Å². The fourth-order valence-electron chi connectivity index (χ4n) is 7.07. The molecule has 1 aromatic carbocycles. The Labute approximate surface area is 166 Å². The van der Waals surface area contributed by atoms with Crippen molar-refractivity contribution in [3.63, 3.8) is 0 Å². The molecule has 4 fully saturated rings. The molecule has 4 aliphatic carbocycles. The fraction of sp³-hybridized carbons (Fsp3) is 0.619. The minimum Gasteiger partial charge on any atom is -0.435 e. The quantitative estimate of drug-likeness (QED) is 0.695. The molecule has 4 aliphatic rings. The number of nitrogens with zero attached hydrogens (tertiary/aromatic N) is 1. The molecule has 2 atom stereocenters. The number of hydrogen-bond acceptors (Lipinski definition) is 4. The Morgan fingerprint density at radius 3 is 2.57 bits per heavy atom. The predicted molar refractivity (Wildman–Crippen MR) is 105 cm³/mol. The smallest absolute Gasteiger partial charge is 0.387 e. The fourth-order valence-corrected chi connectivity index (χ4v) is 7.95. The Bertz CT molecular complexity index is 941. The van der Waals surface area contributed by atoms with Crippen LogP contribution in [-0.2, 0) is 4.79 Å².